The van der Waals surface area contributed by atoms with E-state index in [9.17, 15) is 4.79 Å². The Kier molecular flexibility index (Phi) is 3.78. The van der Waals surface area contributed by atoms with E-state index in [0.717, 1.165) is 0 Å². The lowest BCUT2D eigenvalue weighted by atomic mass is 10.2. The minimum absolute atomic E-state index is 0.0201. The number of carboxylic acids is 1. The van der Waals surface area contributed by atoms with E-state index in [2.05, 4.69) is 4.98 Å². The van der Waals surface area contributed by atoms with Crippen molar-refractivity contribution in [2.45, 2.75) is 19.1 Å². The highest BCUT2D eigenvalue weighted by molar-refractivity contribution is 5.85. The van der Waals surface area contributed by atoms with Crippen molar-refractivity contribution in [1.82, 2.24) is 4.98 Å². The van der Waals surface area contributed by atoms with Crippen molar-refractivity contribution in [1.29, 1.82) is 0 Å². The normalized spacial score (nSPS) is 24.0. The Morgan fingerprint density at radius 2 is 2.39 bits per heavy atom. The second-order valence-electron chi connectivity index (χ2n) is 4.33. The van der Waals surface area contributed by atoms with Crippen LogP contribution in [0.2, 0.25) is 0 Å². The van der Waals surface area contributed by atoms with E-state index in [1.807, 2.05) is 11.8 Å². The van der Waals surface area contributed by atoms with E-state index in [1.54, 1.807) is 12.1 Å². The first-order valence-electron chi connectivity index (χ1n) is 5.81. The number of aliphatic hydroxyl groups is 1. The predicted octanol–water partition coefficient (Wildman–Crippen LogP) is 0.366. The average Bonchev–Trinajstić information content (AvgIpc) is 2.39. The minimum atomic E-state index is -1.04. The van der Waals surface area contributed by atoms with E-state index in [0.29, 0.717) is 19.0 Å². The Morgan fingerprint density at radius 3 is 3.06 bits per heavy atom. The topological polar surface area (TPSA) is 82.9 Å². The zero-order valence-electron chi connectivity index (χ0n) is 10.1. The van der Waals surface area contributed by atoms with E-state index < -0.39 is 5.97 Å². The molecule has 6 heteroatoms. The number of anilines is 1. The first kappa shape index (κ1) is 12.8. The SMILES string of the molecule is CC1COC(CO)CN1c1cccc(C(=O)O)n1. The summed E-state index contributed by atoms with van der Waals surface area (Å²) in [6, 6.07) is 5.00. The fraction of sp³-hybridized carbons (Fsp3) is 0.500. The number of hydrogen-bond acceptors (Lipinski definition) is 5. The maximum absolute atomic E-state index is 10.9. The van der Waals surface area contributed by atoms with Crippen LogP contribution >= 0.6 is 0 Å². The van der Waals surface area contributed by atoms with Gasteiger partial charge in [0.1, 0.15) is 5.82 Å². The van der Waals surface area contributed by atoms with Crippen molar-refractivity contribution >= 4 is 11.8 Å². The molecule has 0 aromatic carbocycles. The number of aromatic nitrogens is 1. The van der Waals surface area contributed by atoms with Crippen molar-refractivity contribution in [2.75, 3.05) is 24.7 Å². The predicted molar refractivity (Wildman–Crippen MR) is 64.8 cm³/mol. The molecule has 6 nitrogen and oxygen atoms in total. The number of ether oxygens (including phenoxy) is 1. The van der Waals surface area contributed by atoms with Crippen LogP contribution in [0.4, 0.5) is 5.82 Å². The molecule has 0 bridgehead atoms. The van der Waals surface area contributed by atoms with Crippen molar-refractivity contribution in [3.8, 4) is 0 Å². The van der Waals surface area contributed by atoms with Crippen LogP contribution < -0.4 is 4.90 Å². The molecule has 2 rings (SSSR count). The first-order chi connectivity index (χ1) is 8.61. The van der Waals surface area contributed by atoms with Gasteiger partial charge in [0.05, 0.1) is 25.4 Å². The number of rotatable bonds is 3. The highest BCUT2D eigenvalue weighted by Crippen LogP contribution is 2.20. The summed E-state index contributed by atoms with van der Waals surface area (Å²) in [6.07, 6.45) is -0.253. The highest BCUT2D eigenvalue weighted by atomic mass is 16.5. The van der Waals surface area contributed by atoms with Gasteiger partial charge in [0.15, 0.2) is 5.69 Å². The average molecular weight is 252 g/mol. The summed E-state index contributed by atoms with van der Waals surface area (Å²) in [5.41, 5.74) is 0.0201. The molecule has 2 N–H and O–H groups in total. The van der Waals surface area contributed by atoms with E-state index >= 15 is 0 Å². The molecule has 1 aromatic heterocycles. The number of hydrogen-bond donors (Lipinski definition) is 2. The van der Waals surface area contributed by atoms with Crippen LogP contribution in [0, 0.1) is 0 Å². The summed E-state index contributed by atoms with van der Waals surface area (Å²) in [7, 11) is 0. The van der Waals surface area contributed by atoms with Gasteiger partial charge in [-0.1, -0.05) is 6.07 Å². The van der Waals surface area contributed by atoms with Crippen LogP contribution in [-0.4, -0.2) is 53.1 Å². The van der Waals surface area contributed by atoms with E-state index in [-0.39, 0.29) is 24.4 Å². The van der Waals surface area contributed by atoms with Crippen molar-refractivity contribution in [3.05, 3.63) is 23.9 Å². The van der Waals surface area contributed by atoms with Crippen molar-refractivity contribution in [2.24, 2.45) is 0 Å². The number of pyridine rings is 1. The second-order valence-corrected chi connectivity index (χ2v) is 4.33. The fourth-order valence-electron chi connectivity index (χ4n) is 1.95. The van der Waals surface area contributed by atoms with Gasteiger partial charge in [-0.3, -0.25) is 0 Å². The van der Waals surface area contributed by atoms with Crippen LogP contribution in [0.1, 0.15) is 17.4 Å². The summed E-state index contributed by atoms with van der Waals surface area (Å²) in [4.78, 5) is 17.0. The Labute approximate surface area is 105 Å². The number of carbonyl (C=O) groups is 1. The molecule has 1 aliphatic rings. The Balaban J connectivity index is 2.23. The Hall–Kier alpha value is -1.66. The van der Waals surface area contributed by atoms with Crippen LogP contribution in [0.5, 0.6) is 0 Å². The third-order valence-corrected chi connectivity index (χ3v) is 2.96. The standard InChI is InChI=1S/C12H16N2O4/c1-8-7-18-9(6-15)5-14(8)11-4-2-3-10(13-11)12(16)17/h2-4,8-9,15H,5-7H2,1H3,(H,16,17). The smallest absolute Gasteiger partial charge is 0.354 e. The molecule has 1 saturated heterocycles. The molecule has 2 heterocycles. The second kappa shape index (κ2) is 5.32. The van der Waals surface area contributed by atoms with Crippen molar-refractivity contribution in [3.63, 3.8) is 0 Å². The Bertz CT molecular complexity index is 438. The molecular formula is C12H16N2O4. The zero-order chi connectivity index (χ0) is 13.1. The fourth-order valence-corrected chi connectivity index (χ4v) is 1.95. The van der Waals surface area contributed by atoms with Crippen molar-refractivity contribution < 1.29 is 19.7 Å². The van der Waals surface area contributed by atoms with Gasteiger partial charge in [-0.25, -0.2) is 9.78 Å². The van der Waals surface area contributed by atoms with Gasteiger partial charge in [0.25, 0.3) is 0 Å². The molecule has 18 heavy (non-hydrogen) atoms. The molecule has 0 radical (unpaired) electrons. The molecule has 0 aliphatic carbocycles. The van der Waals surface area contributed by atoms with Gasteiger partial charge in [0.2, 0.25) is 0 Å². The minimum Gasteiger partial charge on any atom is -0.477 e. The van der Waals surface area contributed by atoms with E-state index in [4.69, 9.17) is 14.9 Å². The Morgan fingerprint density at radius 1 is 1.61 bits per heavy atom. The maximum atomic E-state index is 10.9. The van der Waals surface area contributed by atoms with Crippen LogP contribution in [0.15, 0.2) is 18.2 Å². The maximum Gasteiger partial charge on any atom is 0.354 e. The molecule has 2 atom stereocenters. The van der Waals surface area contributed by atoms with Gasteiger partial charge in [-0.05, 0) is 19.1 Å². The quantitative estimate of drug-likeness (QED) is 0.808. The number of morpholine rings is 1. The zero-order valence-corrected chi connectivity index (χ0v) is 10.1. The number of aliphatic hydroxyl groups excluding tert-OH is 1. The van der Waals surface area contributed by atoms with Gasteiger partial charge in [0, 0.05) is 6.54 Å². The molecule has 0 saturated carbocycles. The third-order valence-electron chi connectivity index (χ3n) is 2.96. The lowest BCUT2D eigenvalue weighted by Gasteiger charge is -2.38. The van der Waals surface area contributed by atoms with Gasteiger partial charge >= 0.3 is 5.97 Å². The van der Waals surface area contributed by atoms with Gasteiger partial charge in [-0.2, -0.15) is 0 Å². The molecule has 0 amide bonds. The van der Waals surface area contributed by atoms with Gasteiger partial charge in [-0.15, -0.1) is 0 Å². The van der Waals surface area contributed by atoms with E-state index in [1.165, 1.54) is 6.07 Å². The van der Waals surface area contributed by atoms with Gasteiger partial charge < -0.3 is 19.8 Å². The largest absolute Gasteiger partial charge is 0.477 e. The molecule has 98 valence electrons. The first-order valence-corrected chi connectivity index (χ1v) is 5.81. The summed E-state index contributed by atoms with van der Waals surface area (Å²) in [5.74, 6) is -0.444. The summed E-state index contributed by atoms with van der Waals surface area (Å²) in [6.45, 7) is 2.92. The molecule has 0 spiro atoms. The number of carboxylic acid groups (broad SMARTS) is 1. The lowest BCUT2D eigenvalue weighted by molar-refractivity contribution is -0.0105. The summed E-state index contributed by atoms with van der Waals surface area (Å²) in [5, 5.41) is 18.0. The van der Waals surface area contributed by atoms with Crippen LogP contribution in [0.3, 0.4) is 0 Å². The highest BCUT2D eigenvalue weighted by Gasteiger charge is 2.26. The molecule has 2 unspecified atom stereocenters. The van der Waals surface area contributed by atoms with Crippen LogP contribution in [0.25, 0.3) is 0 Å². The number of aromatic carboxylic acids is 1. The molecule has 1 aliphatic heterocycles. The van der Waals surface area contributed by atoms with Crippen LogP contribution in [-0.2, 0) is 4.74 Å². The monoisotopic (exact) mass is 252 g/mol. The molecule has 1 fully saturated rings. The summed E-state index contributed by atoms with van der Waals surface area (Å²) < 4.78 is 5.43. The molecular weight excluding hydrogens is 236 g/mol. The summed E-state index contributed by atoms with van der Waals surface area (Å²) >= 11 is 0. The third kappa shape index (κ3) is 2.60. The number of nitrogens with zero attached hydrogens (tertiary/aromatic N) is 2. The molecule has 1 aromatic rings. The lowest BCUT2D eigenvalue weighted by Crippen LogP contribution is -2.50.